The number of rotatable bonds is 7. The van der Waals surface area contributed by atoms with Gasteiger partial charge in [0.25, 0.3) is 11.8 Å². The monoisotopic (exact) mass is 390 g/mol. The summed E-state index contributed by atoms with van der Waals surface area (Å²) in [6.45, 7) is 1.66. The number of ether oxygens (including phenoxy) is 2. The van der Waals surface area contributed by atoms with Gasteiger partial charge in [-0.25, -0.2) is 0 Å². The Morgan fingerprint density at radius 2 is 1.31 bits per heavy atom. The number of hydrogen-bond acceptors (Lipinski definition) is 4. The molecule has 148 valence electrons. The molecule has 0 bridgehead atoms. The summed E-state index contributed by atoms with van der Waals surface area (Å²) in [5.41, 5.74) is 1.81. The maximum absolute atomic E-state index is 12.4. The van der Waals surface area contributed by atoms with Gasteiger partial charge < -0.3 is 20.1 Å². The number of nitrogens with one attached hydrogen (secondary N) is 2. The molecule has 2 N–H and O–H groups in total. The van der Waals surface area contributed by atoms with Gasteiger partial charge in [-0.15, -0.1) is 0 Å². The molecule has 0 aliphatic heterocycles. The van der Waals surface area contributed by atoms with Crippen molar-refractivity contribution in [3.05, 3.63) is 84.4 Å². The largest absolute Gasteiger partial charge is 0.493 e. The maximum atomic E-state index is 12.4. The van der Waals surface area contributed by atoms with E-state index in [4.69, 9.17) is 9.47 Å². The van der Waals surface area contributed by atoms with Crippen molar-refractivity contribution in [3.8, 4) is 11.5 Å². The van der Waals surface area contributed by atoms with Crippen molar-refractivity contribution in [2.24, 2.45) is 0 Å². The third-order valence-electron chi connectivity index (χ3n) is 4.19. The number of para-hydroxylation sites is 2. The van der Waals surface area contributed by atoms with Gasteiger partial charge in [0.05, 0.1) is 7.11 Å². The first kappa shape index (κ1) is 19.9. The van der Waals surface area contributed by atoms with Crippen LogP contribution >= 0.6 is 0 Å². The molecule has 0 heterocycles. The van der Waals surface area contributed by atoms with Crippen molar-refractivity contribution in [3.63, 3.8) is 0 Å². The summed E-state index contributed by atoms with van der Waals surface area (Å²) >= 11 is 0. The predicted octanol–water partition coefficient (Wildman–Crippen LogP) is 4.35. The first-order chi connectivity index (χ1) is 14.1. The zero-order valence-electron chi connectivity index (χ0n) is 16.2. The smallest absolute Gasteiger partial charge is 0.265 e. The number of amides is 2. The van der Waals surface area contributed by atoms with Crippen molar-refractivity contribution >= 4 is 23.2 Å². The van der Waals surface area contributed by atoms with Crippen molar-refractivity contribution in [1.29, 1.82) is 0 Å². The van der Waals surface area contributed by atoms with E-state index in [9.17, 15) is 9.59 Å². The lowest BCUT2D eigenvalue weighted by Gasteiger charge is -2.16. The predicted molar refractivity (Wildman–Crippen MR) is 113 cm³/mol. The quantitative estimate of drug-likeness (QED) is 0.629. The van der Waals surface area contributed by atoms with E-state index in [2.05, 4.69) is 10.6 Å². The molecule has 0 radical (unpaired) electrons. The molecule has 6 nitrogen and oxygen atoms in total. The van der Waals surface area contributed by atoms with E-state index in [0.29, 0.717) is 28.4 Å². The van der Waals surface area contributed by atoms with Crippen LogP contribution in [0.2, 0.25) is 0 Å². The second kappa shape index (κ2) is 9.41. The second-order valence-corrected chi connectivity index (χ2v) is 6.30. The first-order valence-corrected chi connectivity index (χ1v) is 9.14. The first-order valence-electron chi connectivity index (χ1n) is 9.14. The summed E-state index contributed by atoms with van der Waals surface area (Å²) in [5.74, 6) is 0.570. The van der Waals surface area contributed by atoms with E-state index < -0.39 is 6.10 Å². The average molecular weight is 390 g/mol. The molecule has 0 saturated heterocycles. The zero-order chi connectivity index (χ0) is 20.6. The lowest BCUT2D eigenvalue weighted by atomic mass is 10.2. The number of benzene rings is 3. The van der Waals surface area contributed by atoms with Crippen LogP contribution in [-0.2, 0) is 4.79 Å². The zero-order valence-corrected chi connectivity index (χ0v) is 16.2. The summed E-state index contributed by atoms with van der Waals surface area (Å²) in [6, 6.07) is 23.0. The fourth-order valence-electron chi connectivity index (χ4n) is 2.63. The Morgan fingerprint density at radius 1 is 0.759 bits per heavy atom. The van der Waals surface area contributed by atoms with Gasteiger partial charge in [-0.05, 0) is 55.5 Å². The minimum Gasteiger partial charge on any atom is -0.493 e. The molecule has 6 heteroatoms. The molecule has 3 aromatic rings. The van der Waals surface area contributed by atoms with E-state index >= 15 is 0 Å². The Hall–Kier alpha value is -3.80. The Balaban J connectivity index is 1.57. The molecule has 0 aliphatic rings. The molecule has 2 amide bonds. The van der Waals surface area contributed by atoms with Gasteiger partial charge in [-0.1, -0.05) is 30.3 Å². The SMILES string of the molecule is COc1ccccc1O[C@@H](C)C(=O)Nc1ccc(NC(=O)c2ccccc2)cc1. The highest BCUT2D eigenvalue weighted by Crippen LogP contribution is 2.27. The van der Waals surface area contributed by atoms with Gasteiger partial charge in [0.2, 0.25) is 0 Å². The maximum Gasteiger partial charge on any atom is 0.265 e. The molecular formula is C23H22N2O4. The molecule has 0 saturated carbocycles. The average Bonchev–Trinajstić information content (AvgIpc) is 2.76. The summed E-state index contributed by atoms with van der Waals surface area (Å²) in [5, 5.41) is 5.61. The minimum absolute atomic E-state index is 0.193. The van der Waals surface area contributed by atoms with Crippen LogP contribution < -0.4 is 20.1 Å². The van der Waals surface area contributed by atoms with Crippen molar-refractivity contribution in [1.82, 2.24) is 0 Å². The Morgan fingerprint density at radius 3 is 1.93 bits per heavy atom. The van der Waals surface area contributed by atoms with Crippen LogP contribution in [0.25, 0.3) is 0 Å². The van der Waals surface area contributed by atoms with Gasteiger partial charge in [-0.2, -0.15) is 0 Å². The lowest BCUT2D eigenvalue weighted by Crippen LogP contribution is -2.30. The summed E-state index contributed by atoms with van der Waals surface area (Å²) < 4.78 is 10.9. The fourth-order valence-corrected chi connectivity index (χ4v) is 2.63. The fraction of sp³-hybridized carbons (Fsp3) is 0.130. The van der Waals surface area contributed by atoms with E-state index in [1.807, 2.05) is 30.3 Å². The second-order valence-electron chi connectivity index (χ2n) is 6.30. The molecule has 0 unspecified atom stereocenters. The Bertz CT molecular complexity index is 972. The van der Waals surface area contributed by atoms with Crippen LogP contribution in [0.4, 0.5) is 11.4 Å². The number of carbonyl (C=O) groups excluding carboxylic acids is 2. The normalized spacial score (nSPS) is 11.2. The Kier molecular flexibility index (Phi) is 6.47. The van der Waals surface area contributed by atoms with E-state index in [0.717, 1.165) is 0 Å². The molecule has 0 aromatic heterocycles. The van der Waals surface area contributed by atoms with E-state index in [-0.39, 0.29) is 11.8 Å². The molecule has 29 heavy (non-hydrogen) atoms. The lowest BCUT2D eigenvalue weighted by molar-refractivity contribution is -0.122. The van der Waals surface area contributed by atoms with Crippen LogP contribution in [0.5, 0.6) is 11.5 Å². The molecular weight excluding hydrogens is 368 g/mol. The number of methoxy groups -OCH3 is 1. The van der Waals surface area contributed by atoms with Crippen molar-refractivity contribution in [2.45, 2.75) is 13.0 Å². The van der Waals surface area contributed by atoms with Crippen LogP contribution in [-0.4, -0.2) is 25.0 Å². The highest BCUT2D eigenvalue weighted by Gasteiger charge is 2.17. The van der Waals surface area contributed by atoms with Gasteiger partial charge >= 0.3 is 0 Å². The third-order valence-corrected chi connectivity index (χ3v) is 4.19. The highest BCUT2D eigenvalue weighted by molar-refractivity contribution is 6.04. The standard InChI is InChI=1S/C23H22N2O4/c1-16(29-21-11-7-6-10-20(21)28-2)22(26)24-18-12-14-19(15-13-18)25-23(27)17-8-4-3-5-9-17/h3-16H,1-2H3,(H,24,26)(H,25,27)/t16-/m0/s1. The van der Waals surface area contributed by atoms with Crippen LogP contribution in [0.15, 0.2) is 78.9 Å². The molecule has 3 aromatic carbocycles. The number of hydrogen-bond donors (Lipinski definition) is 2. The molecule has 1 atom stereocenters. The topological polar surface area (TPSA) is 76.7 Å². The highest BCUT2D eigenvalue weighted by atomic mass is 16.5. The Labute approximate surface area is 169 Å². The van der Waals surface area contributed by atoms with Crippen LogP contribution in [0.3, 0.4) is 0 Å². The third kappa shape index (κ3) is 5.35. The molecule has 0 fully saturated rings. The molecule has 0 spiro atoms. The van der Waals surface area contributed by atoms with Crippen LogP contribution in [0, 0.1) is 0 Å². The summed E-state index contributed by atoms with van der Waals surface area (Å²) in [4.78, 5) is 24.6. The van der Waals surface area contributed by atoms with Gasteiger partial charge in [0.15, 0.2) is 17.6 Å². The number of carbonyl (C=O) groups is 2. The summed E-state index contributed by atoms with van der Waals surface area (Å²) in [7, 11) is 1.55. The molecule has 3 rings (SSSR count). The van der Waals surface area contributed by atoms with Crippen molar-refractivity contribution in [2.75, 3.05) is 17.7 Å². The van der Waals surface area contributed by atoms with Gasteiger partial charge in [0, 0.05) is 16.9 Å². The van der Waals surface area contributed by atoms with Crippen LogP contribution in [0.1, 0.15) is 17.3 Å². The minimum atomic E-state index is -0.719. The van der Waals surface area contributed by atoms with E-state index in [1.54, 1.807) is 62.6 Å². The molecule has 0 aliphatic carbocycles. The number of anilines is 2. The van der Waals surface area contributed by atoms with Gasteiger partial charge in [0.1, 0.15) is 0 Å². The van der Waals surface area contributed by atoms with Crippen molar-refractivity contribution < 1.29 is 19.1 Å². The van der Waals surface area contributed by atoms with E-state index in [1.165, 1.54) is 0 Å². The van der Waals surface area contributed by atoms with Gasteiger partial charge in [-0.3, -0.25) is 9.59 Å². The summed E-state index contributed by atoms with van der Waals surface area (Å²) in [6.07, 6.45) is -0.719.